The van der Waals surface area contributed by atoms with Crippen molar-refractivity contribution in [3.05, 3.63) is 95.1 Å². The summed E-state index contributed by atoms with van der Waals surface area (Å²) in [5.74, 6) is -0.467. The van der Waals surface area contributed by atoms with E-state index in [0.717, 1.165) is 23.2 Å². The van der Waals surface area contributed by atoms with Crippen molar-refractivity contribution in [2.45, 2.75) is 32.4 Å². The fourth-order valence-electron chi connectivity index (χ4n) is 4.34. The lowest BCUT2D eigenvalue weighted by atomic mass is 9.95. The zero-order valence-corrected chi connectivity index (χ0v) is 17.7. The van der Waals surface area contributed by atoms with E-state index in [9.17, 15) is 14.4 Å². The third kappa shape index (κ3) is 3.43. The summed E-state index contributed by atoms with van der Waals surface area (Å²) in [7, 11) is 0. The molecule has 2 aliphatic heterocycles. The highest BCUT2D eigenvalue weighted by molar-refractivity contribution is 6.21. The average Bonchev–Trinajstić information content (AvgIpc) is 3.07. The fourth-order valence-corrected chi connectivity index (χ4v) is 4.34. The third-order valence-electron chi connectivity index (χ3n) is 6.20. The number of fused-ring (bicyclic) bond motifs is 2. The normalized spacial score (nSPS) is 17.2. The van der Waals surface area contributed by atoms with E-state index in [1.54, 1.807) is 29.2 Å². The monoisotopic (exact) mass is 425 g/mol. The second-order valence-corrected chi connectivity index (χ2v) is 8.12. The number of amides is 4. The van der Waals surface area contributed by atoms with Crippen LogP contribution in [0.1, 0.15) is 34.0 Å². The molecule has 0 bridgehead atoms. The van der Waals surface area contributed by atoms with E-state index in [0.29, 0.717) is 24.2 Å². The fraction of sp³-hybridized carbons (Fsp3) is 0.192. The molecule has 1 fully saturated rings. The molecule has 1 atom stereocenters. The Bertz CT molecular complexity index is 1160. The predicted molar refractivity (Wildman–Crippen MR) is 123 cm³/mol. The van der Waals surface area contributed by atoms with E-state index < -0.39 is 6.04 Å². The van der Waals surface area contributed by atoms with Gasteiger partial charge in [-0.05, 0) is 59.5 Å². The third-order valence-corrected chi connectivity index (χ3v) is 6.20. The van der Waals surface area contributed by atoms with Crippen LogP contribution in [0.2, 0.25) is 0 Å². The molecule has 0 spiro atoms. The lowest BCUT2D eigenvalue weighted by Crippen LogP contribution is -2.39. The molecule has 2 aliphatic rings. The minimum Gasteiger partial charge on any atom is -0.322 e. The molecule has 32 heavy (non-hydrogen) atoms. The zero-order chi connectivity index (χ0) is 22.2. The standard InChI is InChI=1S/C26H23N3O3/c1-2-17-7-11-21(12-8-17)27-24(30)18-9-13-22(14-10-18)29-25(31)23-15-19-5-3-4-6-20(19)16-28(23)26(29)32/h3-14,23H,2,15-16H2,1H3,(H,27,30)/t23-/m0/s1. The summed E-state index contributed by atoms with van der Waals surface area (Å²) >= 11 is 0. The molecule has 6 nitrogen and oxygen atoms in total. The maximum atomic E-state index is 13.1. The van der Waals surface area contributed by atoms with Gasteiger partial charge in [0.25, 0.3) is 11.8 Å². The highest BCUT2D eigenvalue weighted by Gasteiger charge is 2.47. The molecule has 0 radical (unpaired) electrons. The Morgan fingerprint density at radius 2 is 1.62 bits per heavy atom. The molecular weight excluding hydrogens is 402 g/mol. The Morgan fingerprint density at radius 3 is 2.31 bits per heavy atom. The summed E-state index contributed by atoms with van der Waals surface area (Å²) in [5.41, 5.74) is 5.03. The van der Waals surface area contributed by atoms with Crippen molar-refractivity contribution in [1.29, 1.82) is 0 Å². The molecule has 3 aromatic carbocycles. The number of aryl methyl sites for hydroxylation is 1. The Kier molecular flexibility index (Phi) is 4.98. The van der Waals surface area contributed by atoms with Gasteiger partial charge in [0.05, 0.1) is 5.69 Å². The number of anilines is 2. The number of benzene rings is 3. The smallest absolute Gasteiger partial charge is 0.322 e. The first kappa shape index (κ1) is 20.0. The first-order valence-electron chi connectivity index (χ1n) is 10.8. The maximum Gasteiger partial charge on any atom is 0.332 e. The molecule has 6 heteroatoms. The SMILES string of the molecule is CCc1ccc(NC(=O)c2ccc(N3C(=O)[C@@H]4Cc5ccccc5CN4C3=O)cc2)cc1. The summed E-state index contributed by atoms with van der Waals surface area (Å²) in [5, 5.41) is 2.87. The van der Waals surface area contributed by atoms with Gasteiger partial charge in [0, 0.05) is 24.2 Å². The average molecular weight is 425 g/mol. The van der Waals surface area contributed by atoms with Crippen LogP contribution >= 0.6 is 0 Å². The van der Waals surface area contributed by atoms with Crippen LogP contribution < -0.4 is 10.2 Å². The summed E-state index contributed by atoms with van der Waals surface area (Å²) in [6, 6.07) is 21.4. The zero-order valence-electron chi connectivity index (χ0n) is 17.7. The second kappa shape index (κ2) is 7.96. The van der Waals surface area contributed by atoms with Crippen LogP contribution in [0, 0.1) is 0 Å². The molecule has 4 amide bonds. The van der Waals surface area contributed by atoms with Gasteiger partial charge in [-0.1, -0.05) is 43.3 Å². The van der Waals surface area contributed by atoms with Crippen molar-refractivity contribution in [3.8, 4) is 0 Å². The summed E-state index contributed by atoms with van der Waals surface area (Å²) in [4.78, 5) is 41.5. The van der Waals surface area contributed by atoms with Crippen LogP contribution in [0.4, 0.5) is 16.2 Å². The number of nitrogens with zero attached hydrogens (tertiary/aromatic N) is 2. The Labute approximate surface area is 186 Å². The van der Waals surface area contributed by atoms with Gasteiger partial charge in [-0.3, -0.25) is 9.59 Å². The van der Waals surface area contributed by atoms with Gasteiger partial charge in [-0.15, -0.1) is 0 Å². The van der Waals surface area contributed by atoms with E-state index in [2.05, 4.69) is 12.2 Å². The van der Waals surface area contributed by atoms with Crippen molar-refractivity contribution in [1.82, 2.24) is 4.90 Å². The number of carbonyl (C=O) groups is 3. The molecule has 2 heterocycles. The summed E-state index contributed by atoms with van der Waals surface area (Å²) < 4.78 is 0. The van der Waals surface area contributed by atoms with E-state index in [-0.39, 0.29) is 17.8 Å². The number of urea groups is 1. The van der Waals surface area contributed by atoms with Crippen LogP contribution in [0.3, 0.4) is 0 Å². The van der Waals surface area contributed by atoms with E-state index in [4.69, 9.17) is 0 Å². The minimum absolute atomic E-state index is 0.224. The topological polar surface area (TPSA) is 69.7 Å². The number of nitrogens with one attached hydrogen (secondary N) is 1. The largest absolute Gasteiger partial charge is 0.332 e. The van der Waals surface area contributed by atoms with Crippen LogP contribution in [0.25, 0.3) is 0 Å². The van der Waals surface area contributed by atoms with Gasteiger partial charge < -0.3 is 10.2 Å². The van der Waals surface area contributed by atoms with Gasteiger partial charge >= 0.3 is 6.03 Å². The Hall–Kier alpha value is -3.93. The van der Waals surface area contributed by atoms with Crippen LogP contribution in [-0.2, 0) is 24.2 Å². The van der Waals surface area contributed by atoms with Crippen molar-refractivity contribution in [3.63, 3.8) is 0 Å². The molecule has 160 valence electrons. The lowest BCUT2D eigenvalue weighted by molar-refractivity contribution is -0.120. The van der Waals surface area contributed by atoms with Crippen molar-refractivity contribution < 1.29 is 14.4 Å². The molecular formula is C26H23N3O3. The summed E-state index contributed by atoms with van der Waals surface area (Å²) in [6.45, 7) is 2.51. The first-order valence-corrected chi connectivity index (χ1v) is 10.8. The Morgan fingerprint density at radius 1 is 0.938 bits per heavy atom. The van der Waals surface area contributed by atoms with Gasteiger partial charge in [0.2, 0.25) is 0 Å². The molecule has 0 saturated carbocycles. The molecule has 5 rings (SSSR count). The second-order valence-electron chi connectivity index (χ2n) is 8.12. The maximum absolute atomic E-state index is 13.1. The molecule has 0 aromatic heterocycles. The van der Waals surface area contributed by atoms with Gasteiger partial charge in [0.15, 0.2) is 0 Å². The number of hydrogen-bond acceptors (Lipinski definition) is 3. The number of imide groups is 1. The van der Waals surface area contributed by atoms with Crippen LogP contribution in [0.5, 0.6) is 0 Å². The van der Waals surface area contributed by atoms with E-state index in [1.165, 1.54) is 10.5 Å². The van der Waals surface area contributed by atoms with Crippen molar-refractivity contribution in [2.75, 3.05) is 10.2 Å². The van der Waals surface area contributed by atoms with Gasteiger partial charge in [0.1, 0.15) is 6.04 Å². The van der Waals surface area contributed by atoms with Crippen LogP contribution in [0.15, 0.2) is 72.8 Å². The lowest BCUT2D eigenvalue weighted by Gasteiger charge is -2.28. The van der Waals surface area contributed by atoms with E-state index >= 15 is 0 Å². The molecule has 1 saturated heterocycles. The quantitative estimate of drug-likeness (QED) is 0.630. The molecule has 0 unspecified atom stereocenters. The van der Waals surface area contributed by atoms with E-state index in [1.807, 2.05) is 48.5 Å². The number of hydrogen-bond donors (Lipinski definition) is 1. The van der Waals surface area contributed by atoms with Crippen LogP contribution in [-0.4, -0.2) is 28.8 Å². The minimum atomic E-state index is -0.480. The first-order chi connectivity index (χ1) is 15.5. The molecule has 3 aromatic rings. The summed E-state index contributed by atoms with van der Waals surface area (Å²) in [6.07, 6.45) is 1.46. The number of rotatable bonds is 4. The highest BCUT2D eigenvalue weighted by atomic mass is 16.2. The predicted octanol–water partition coefficient (Wildman–Crippen LogP) is 4.39. The number of carbonyl (C=O) groups excluding carboxylic acids is 3. The Balaban J connectivity index is 1.32. The molecule has 1 N–H and O–H groups in total. The van der Waals surface area contributed by atoms with Gasteiger partial charge in [-0.25, -0.2) is 9.69 Å². The van der Waals surface area contributed by atoms with Gasteiger partial charge in [-0.2, -0.15) is 0 Å². The van der Waals surface area contributed by atoms with Crippen molar-refractivity contribution in [2.24, 2.45) is 0 Å². The highest BCUT2D eigenvalue weighted by Crippen LogP contribution is 2.33. The van der Waals surface area contributed by atoms with Crippen molar-refractivity contribution >= 4 is 29.2 Å². The molecule has 0 aliphatic carbocycles.